The summed E-state index contributed by atoms with van der Waals surface area (Å²) in [5.74, 6) is 1.48. The van der Waals surface area contributed by atoms with Gasteiger partial charge in [-0.15, -0.1) is 11.3 Å². The summed E-state index contributed by atoms with van der Waals surface area (Å²) in [4.78, 5) is 24.7. The molecule has 0 spiro atoms. The Morgan fingerprint density at radius 1 is 0.947 bits per heavy atom. The van der Waals surface area contributed by atoms with Crippen molar-refractivity contribution in [1.82, 2.24) is 40.4 Å². The highest BCUT2D eigenvalue weighted by atomic mass is 32.1. The van der Waals surface area contributed by atoms with Crippen LogP contribution in [0.5, 0.6) is 0 Å². The number of pyridine rings is 3. The van der Waals surface area contributed by atoms with Gasteiger partial charge in [0, 0.05) is 46.0 Å². The van der Waals surface area contributed by atoms with E-state index in [9.17, 15) is 0 Å². The van der Waals surface area contributed by atoms with E-state index in [1.807, 2.05) is 30.7 Å². The summed E-state index contributed by atoms with van der Waals surface area (Å²) in [6, 6.07) is 10.4. The van der Waals surface area contributed by atoms with Crippen LogP contribution in [-0.2, 0) is 6.54 Å². The molecule has 1 saturated carbocycles. The van der Waals surface area contributed by atoms with Crippen LogP contribution in [0, 0.1) is 12.8 Å². The van der Waals surface area contributed by atoms with Crippen LogP contribution in [0.4, 0.5) is 0 Å². The fourth-order valence-corrected chi connectivity index (χ4v) is 6.27. The largest absolute Gasteiger partial charge is 0.335 e. The van der Waals surface area contributed by atoms with Gasteiger partial charge in [0.15, 0.2) is 11.5 Å². The Morgan fingerprint density at radius 3 is 2.71 bits per heavy atom. The zero-order chi connectivity index (χ0) is 25.5. The first-order valence-corrected chi connectivity index (χ1v) is 13.9. The molecule has 0 aliphatic heterocycles. The Balaban J connectivity index is 1.20. The summed E-state index contributed by atoms with van der Waals surface area (Å²) in [7, 11) is 0. The number of nitrogens with one attached hydrogen (secondary N) is 3. The van der Waals surface area contributed by atoms with Crippen molar-refractivity contribution in [3.8, 4) is 33.2 Å². The van der Waals surface area contributed by atoms with Crippen molar-refractivity contribution in [2.75, 3.05) is 6.54 Å². The lowest BCUT2D eigenvalue weighted by Crippen LogP contribution is -2.20. The highest BCUT2D eigenvalue weighted by Crippen LogP contribution is 2.34. The Labute approximate surface area is 224 Å². The minimum Gasteiger partial charge on any atom is -0.335 e. The third-order valence-corrected chi connectivity index (χ3v) is 8.39. The molecule has 6 heterocycles. The second-order valence-corrected chi connectivity index (χ2v) is 11.4. The van der Waals surface area contributed by atoms with Gasteiger partial charge in [0.1, 0.15) is 11.0 Å². The second-order valence-electron chi connectivity index (χ2n) is 10.1. The van der Waals surface area contributed by atoms with Gasteiger partial charge in [-0.2, -0.15) is 5.10 Å². The van der Waals surface area contributed by atoms with Gasteiger partial charge >= 0.3 is 0 Å². The van der Waals surface area contributed by atoms with E-state index in [4.69, 9.17) is 9.97 Å². The van der Waals surface area contributed by atoms with Crippen molar-refractivity contribution in [3.05, 3.63) is 65.6 Å². The number of aryl methyl sites for hydroxylation is 1. The highest BCUT2D eigenvalue weighted by molar-refractivity contribution is 7.15. The SMILES string of the molecule is Cc1ccc(-c2cncc3[nH]c(-c4n[nH]c5ccc(-c6cncc(CNCC7CCCC7)c6)nc45)nc23)s1. The van der Waals surface area contributed by atoms with Crippen LogP contribution in [0.15, 0.2) is 55.1 Å². The Hall–Kier alpha value is -3.95. The van der Waals surface area contributed by atoms with Gasteiger partial charge in [-0.1, -0.05) is 12.8 Å². The van der Waals surface area contributed by atoms with Crippen LogP contribution in [0.2, 0.25) is 0 Å². The summed E-state index contributed by atoms with van der Waals surface area (Å²) in [5.41, 5.74) is 8.10. The number of nitrogens with zero attached hydrogens (tertiary/aromatic N) is 5. The van der Waals surface area contributed by atoms with Crippen LogP contribution in [-0.4, -0.2) is 41.7 Å². The number of imidazole rings is 1. The Morgan fingerprint density at radius 2 is 1.84 bits per heavy atom. The fraction of sp³-hybridized carbons (Fsp3) is 0.276. The molecule has 0 aromatic carbocycles. The van der Waals surface area contributed by atoms with Gasteiger partial charge < -0.3 is 10.3 Å². The quantitative estimate of drug-likeness (QED) is 0.229. The standard InChI is InChI=1S/C29H28N8S/c1-17-6-9-25(38-17)21-15-32-16-24-26(21)35-29(34-24)28-27-23(36-37-28)8-7-22(33-27)20-10-19(13-31-14-20)12-30-11-18-4-2-3-5-18/h6-10,13-16,18,30H,2-5,11-12H2,1H3,(H,34,35)(H,36,37). The van der Waals surface area contributed by atoms with Gasteiger partial charge in [0.05, 0.1) is 22.9 Å². The summed E-state index contributed by atoms with van der Waals surface area (Å²) in [5, 5.41) is 11.3. The molecule has 3 N–H and O–H groups in total. The lowest BCUT2D eigenvalue weighted by atomic mass is 10.1. The molecular formula is C29H28N8S. The molecule has 7 rings (SSSR count). The van der Waals surface area contributed by atoms with Crippen molar-refractivity contribution >= 4 is 33.4 Å². The maximum atomic E-state index is 4.99. The van der Waals surface area contributed by atoms with Gasteiger partial charge in [0.25, 0.3) is 0 Å². The minimum atomic E-state index is 0.668. The van der Waals surface area contributed by atoms with E-state index in [1.165, 1.54) is 30.6 Å². The topological polar surface area (TPSA) is 108 Å². The molecule has 38 heavy (non-hydrogen) atoms. The molecule has 0 unspecified atom stereocenters. The maximum Gasteiger partial charge on any atom is 0.161 e. The number of hydrogen-bond donors (Lipinski definition) is 3. The predicted molar refractivity (Wildman–Crippen MR) is 152 cm³/mol. The second kappa shape index (κ2) is 9.74. The summed E-state index contributed by atoms with van der Waals surface area (Å²) >= 11 is 1.74. The molecule has 6 aromatic heterocycles. The lowest BCUT2D eigenvalue weighted by Gasteiger charge is -2.11. The third kappa shape index (κ3) is 4.37. The molecule has 0 radical (unpaired) electrons. The van der Waals surface area contributed by atoms with Gasteiger partial charge in [-0.25, -0.2) is 9.97 Å². The molecule has 6 aromatic rings. The monoisotopic (exact) mass is 520 g/mol. The van der Waals surface area contributed by atoms with Gasteiger partial charge in [0.2, 0.25) is 0 Å². The first-order valence-electron chi connectivity index (χ1n) is 13.1. The van der Waals surface area contributed by atoms with Crippen LogP contribution in [0.3, 0.4) is 0 Å². The third-order valence-electron chi connectivity index (χ3n) is 7.36. The number of H-pyrrole nitrogens is 2. The van der Waals surface area contributed by atoms with Crippen LogP contribution in [0.1, 0.15) is 36.1 Å². The summed E-state index contributed by atoms with van der Waals surface area (Å²) in [6.07, 6.45) is 12.9. The molecule has 1 aliphatic carbocycles. The first kappa shape index (κ1) is 23.2. The van der Waals surface area contributed by atoms with Crippen LogP contribution < -0.4 is 5.32 Å². The maximum absolute atomic E-state index is 4.99. The lowest BCUT2D eigenvalue weighted by molar-refractivity contribution is 0.489. The smallest absolute Gasteiger partial charge is 0.161 e. The average molecular weight is 521 g/mol. The number of rotatable bonds is 7. The molecule has 8 nitrogen and oxygen atoms in total. The number of aromatic amines is 2. The molecule has 0 saturated heterocycles. The van der Waals surface area contributed by atoms with Gasteiger partial charge in [-0.3, -0.25) is 15.1 Å². The van der Waals surface area contributed by atoms with Crippen molar-refractivity contribution in [2.24, 2.45) is 5.92 Å². The number of thiophene rings is 1. The predicted octanol–water partition coefficient (Wildman–Crippen LogP) is 6.27. The average Bonchev–Trinajstić information content (AvgIpc) is 3.74. The Kier molecular flexibility index (Phi) is 5.94. The van der Waals surface area contributed by atoms with Gasteiger partial charge in [-0.05, 0) is 68.1 Å². The molecule has 1 fully saturated rings. The zero-order valence-electron chi connectivity index (χ0n) is 21.2. The van der Waals surface area contributed by atoms with Crippen LogP contribution in [0.25, 0.3) is 55.3 Å². The zero-order valence-corrected chi connectivity index (χ0v) is 22.0. The number of aromatic nitrogens is 7. The molecule has 0 amide bonds. The molecule has 9 heteroatoms. The van der Waals surface area contributed by atoms with Crippen molar-refractivity contribution in [1.29, 1.82) is 0 Å². The van der Waals surface area contributed by atoms with E-state index in [-0.39, 0.29) is 0 Å². The van der Waals surface area contributed by atoms with E-state index in [2.05, 4.69) is 55.6 Å². The number of hydrogen-bond acceptors (Lipinski definition) is 7. The van der Waals surface area contributed by atoms with E-state index >= 15 is 0 Å². The normalized spacial score (nSPS) is 14.2. The van der Waals surface area contributed by atoms with E-state index in [1.54, 1.807) is 17.5 Å². The first-order chi connectivity index (χ1) is 18.7. The van der Waals surface area contributed by atoms with E-state index in [0.717, 1.165) is 68.3 Å². The van der Waals surface area contributed by atoms with Crippen molar-refractivity contribution in [2.45, 2.75) is 39.2 Å². The van der Waals surface area contributed by atoms with E-state index in [0.29, 0.717) is 11.5 Å². The molecule has 0 bridgehead atoms. The minimum absolute atomic E-state index is 0.668. The van der Waals surface area contributed by atoms with Crippen LogP contribution >= 0.6 is 11.3 Å². The molecular weight excluding hydrogens is 492 g/mol. The Bertz CT molecular complexity index is 1740. The highest BCUT2D eigenvalue weighted by Gasteiger charge is 2.18. The molecule has 0 atom stereocenters. The van der Waals surface area contributed by atoms with E-state index < -0.39 is 0 Å². The number of fused-ring (bicyclic) bond motifs is 2. The fourth-order valence-electron chi connectivity index (χ4n) is 5.39. The molecule has 190 valence electrons. The molecule has 1 aliphatic rings. The summed E-state index contributed by atoms with van der Waals surface area (Å²) in [6.45, 7) is 4.00. The van der Waals surface area contributed by atoms with Crippen molar-refractivity contribution in [3.63, 3.8) is 0 Å². The van der Waals surface area contributed by atoms with Crippen molar-refractivity contribution < 1.29 is 0 Å². The summed E-state index contributed by atoms with van der Waals surface area (Å²) < 4.78 is 0.